The molecule has 2 amide bonds. The standard InChI is InChI=1S/C14H17F3N2O2/c1-9(13(21)19(2)8-12(18)20)6-10-4-3-5-11(7-10)14(15,16)17/h3-5,7,9H,6,8H2,1-2H3,(H2,18,20)/t9-/m1/s1. The van der Waals surface area contributed by atoms with Gasteiger partial charge in [0, 0.05) is 13.0 Å². The number of amides is 2. The molecule has 0 heterocycles. The lowest BCUT2D eigenvalue weighted by molar-refractivity contribution is -0.137. The van der Waals surface area contributed by atoms with Gasteiger partial charge in [0.2, 0.25) is 11.8 Å². The lowest BCUT2D eigenvalue weighted by atomic mass is 9.98. The predicted octanol–water partition coefficient (Wildman–Crippen LogP) is 1.83. The van der Waals surface area contributed by atoms with E-state index < -0.39 is 23.6 Å². The van der Waals surface area contributed by atoms with Crippen molar-refractivity contribution < 1.29 is 22.8 Å². The number of halogens is 3. The zero-order valence-corrected chi connectivity index (χ0v) is 11.8. The molecule has 1 rings (SSSR count). The number of hydrogen-bond donors (Lipinski definition) is 1. The number of benzene rings is 1. The van der Waals surface area contributed by atoms with E-state index in [4.69, 9.17) is 5.73 Å². The van der Waals surface area contributed by atoms with Crippen LogP contribution in [0.3, 0.4) is 0 Å². The highest BCUT2D eigenvalue weighted by Gasteiger charge is 2.30. The largest absolute Gasteiger partial charge is 0.416 e. The Morgan fingerprint density at radius 1 is 1.33 bits per heavy atom. The molecule has 0 unspecified atom stereocenters. The molecule has 1 aromatic carbocycles. The van der Waals surface area contributed by atoms with Gasteiger partial charge >= 0.3 is 6.18 Å². The monoisotopic (exact) mass is 302 g/mol. The first kappa shape index (κ1) is 17.0. The third-order valence-corrected chi connectivity index (χ3v) is 2.99. The lowest BCUT2D eigenvalue weighted by Crippen LogP contribution is -2.38. The van der Waals surface area contributed by atoms with Gasteiger partial charge in [0.15, 0.2) is 0 Å². The molecule has 0 bridgehead atoms. The van der Waals surface area contributed by atoms with Crippen molar-refractivity contribution in [3.05, 3.63) is 35.4 Å². The minimum absolute atomic E-state index is 0.159. The van der Waals surface area contributed by atoms with E-state index in [1.54, 1.807) is 6.92 Å². The predicted molar refractivity (Wildman–Crippen MR) is 71.1 cm³/mol. The van der Waals surface area contributed by atoms with Crippen LogP contribution in [0.5, 0.6) is 0 Å². The summed E-state index contributed by atoms with van der Waals surface area (Å²) in [6.45, 7) is 1.38. The molecular weight excluding hydrogens is 285 g/mol. The Morgan fingerprint density at radius 3 is 2.48 bits per heavy atom. The van der Waals surface area contributed by atoms with Gasteiger partial charge in [-0.15, -0.1) is 0 Å². The van der Waals surface area contributed by atoms with Crippen molar-refractivity contribution >= 4 is 11.8 Å². The summed E-state index contributed by atoms with van der Waals surface area (Å²) in [5.41, 5.74) is 4.66. The van der Waals surface area contributed by atoms with Crippen LogP contribution in [0.1, 0.15) is 18.1 Å². The second-order valence-corrected chi connectivity index (χ2v) is 4.96. The Bertz CT molecular complexity index is 529. The maximum absolute atomic E-state index is 12.6. The number of primary amides is 1. The summed E-state index contributed by atoms with van der Waals surface area (Å²) in [6, 6.07) is 4.85. The van der Waals surface area contributed by atoms with E-state index >= 15 is 0 Å². The number of alkyl halides is 3. The quantitative estimate of drug-likeness (QED) is 0.902. The van der Waals surface area contributed by atoms with Crippen molar-refractivity contribution in [2.24, 2.45) is 11.7 Å². The molecule has 0 saturated heterocycles. The van der Waals surface area contributed by atoms with E-state index in [9.17, 15) is 22.8 Å². The van der Waals surface area contributed by atoms with Crippen molar-refractivity contribution in [1.82, 2.24) is 4.90 Å². The van der Waals surface area contributed by atoms with E-state index in [-0.39, 0.29) is 18.9 Å². The number of likely N-dealkylation sites (N-methyl/N-ethyl adjacent to an activating group) is 1. The van der Waals surface area contributed by atoms with Gasteiger partial charge in [-0.2, -0.15) is 13.2 Å². The number of carbonyl (C=O) groups is 2. The average Bonchev–Trinajstić information content (AvgIpc) is 2.36. The molecule has 0 aliphatic rings. The maximum Gasteiger partial charge on any atom is 0.416 e. The molecule has 116 valence electrons. The smallest absolute Gasteiger partial charge is 0.368 e. The van der Waals surface area contributed by atoms with Gasteiger partial charge in [-0.3, -0.25) is 9.59 Å². The van der Waals surface area contributed by atoms with Gasteiger partial charge in [0.1, 0.15) is 0 Å². The highest BCUT2D eigenvalue weighted by Crippen LogP contribution is 2.30. The first-order chi connectivity index (χ1) is 9.61. The zero-order valence-electron chi connectivity index (χ0n) is 11.8. The summed E-state index contributed by atoms with van der Waals surface area (Å²) in [6.07, 6.45) is -4.25. The maximum atomic E-state index is 12.6. The second kappa shape index (κ2) is 6.60. The number of nitrogens with two attached hydrogens (primary N) is 1. The Labute approximate surface area is 120 Å². The summed E-state index contributed by atoms with van der Waals surface area (Å²) in [5.74, 6) is -1.53. The highest BCUT2D eigenvalue weighted by molar-refractivity contribution is 5.84. The van der Waals surface area contributed by atoms with Crippen molar-refractivity contribution in [3.8, 4) is 0 Å². The van der Waals surface area contributed by atoms with Gasteiger partial charge in [0.25, 0.3) is 0 Å². The number of nitrogens with zero attached hydrogens (tertiary/aromatic N) is 1. The minimum Gasteiger partial charge on any atom is -0.368 e. The molecule has 0 saturated carbocycles. The van der Waals surface area contributed by atoms with E-state index in [0.29, 0.717) is 5.56 Å². The fourth-order valence-corrected chi connectivity index (χ4v) is 2.00. The van der Waals surface area contributed by atoms with Crippen molar-refractivity contribution in [2.45, 2.75) is 19.5 Å². The third-order valence-electron chi connectivity index (χ3n) is 2.99. The Balaban J connectivity index is 2.77. The summed E-state index contributed by atoms with van der Waals surface area (Å²) < 4.78 is 37.8. The van der Waals surface area contributed by atoms with Gasteiger partial charge in [-0.05, 0) is 18.1 Å². The first-order valence-electron chi connectivity index (χ1n) is 6.30. The highest BCUT2D eigenvalue weighted by atomic mass is 19.4. The van der Waals surface area contributed by atoms with Gasteiger partial charge < -0.3 is 10.6 Å². The molecular formula is C14H17F3N2O2. The van der Waals surface area contributed by atoms with Crippen LogP contribution < -0.4 is 5.73 Å². The van der Waals surface area contributed by atoms with E-state index in [0.717, 1.165) is 12.1 Å². The summed E-state index contributed by atoms with van der Waals surface area (Å²) in [5, 5.41) is 0. The molecule has 2 N–H and O–H groups in total. The lowest BCUT2D eigenvalue weighted by Gasteiger charge is -2.20. The number of carbonyl (C=O) groups excluding carboxylic acids is 2. The third kappa shape index (κ3) is 5.09. The SMILES string of the molecule is C[C@H](Cc1cccc(C(F)(F)F)c1)C(=O)N(C)CC(N)=O. The van der Waals surface area contributed by atoms with Crippen LogP contribution in [0.25, 0.3) is 0 Å². The Hall–Kier alpha value is -2.05. The molecule has 1 aromatic rings. The van der Waals surface area contributed by atoms with Gasteiger partial charge in [-0.1, -0.05) is 25.1 Å². The van der Waals surface area contributed by atoms with Crippen LogP contribution in [-0.2, 0) is 22.2 Å². The molecule has 0 spiro atoms. The van der Waals surface area contributed by atoms with Crippen molar-refractivity contribution in [1.29, 1.82) is 0 Å². The zero-order chi connectivity index (χ0) is 16.2. The van der Waals surface area contributed by atoms with Gasteiger partial charge in [0.05, 0.1) is 12.1 Å². The fraction of sp³-hybridized carbons (Fsp3) is 0.429. The van der Waals surface area contributed by atoms with Crippen LogP contribution in [-0.4, -0.2) is 30.3 Å². The van der Waals surface area contributed by atoms with Crippen molar-refractivity contribution in [2.75, 3.05) is 13.6 Å². The second-order valence-electron chi connectivity index (χ2n) is 4.96. The topological polar surface area (TPSA) is 63.4 Å². The van der Waals surface area contributed by atoms with Crippen LogP contribution in [0, 0.1) is 5.92 Å². The van der Waals surface area contributed by atoms with E-state index in [1.807, 2.05) is 0 Å². The Morgan fingerprint density at radius 2 is 1.95 bits per heavy atom. The van der Waals surface area contributed by atoms with Gasteiger partial charge in [-0.25, -0.2) is 0 Å². The average molecular weight is 302 g/mol. The molecule has 0 aromatic heterocycles. The minimum atomic E-state index is -4.41. The molecule has 0 aliphatic carbocycles. The van der Waals surface area contributed by atoms with Crippen LogP contribution >= 0.6 is 0 Å². The fourth-order valence-electron chi connectivity index (χ4n) is 2.00. The first-order valence-corrected chi connectivity index (χ1v) is 6.30. The molecule has 0 radical (unpaired) electrons. The summed E-state index contributed by atoms with van der Waals surface area (Å²) in [4.78, 5) is 23.9. The van der Waals surface area contributed by atoms with E-state index in [1.165, 1.54) is 24.1 Å². The number of hydrogen-bond acceptors (Lipinski definition) is 2. The molecule has 0 aliphatic heterocycles. The Kier molecular flexibility index (Phi) is 5.34. The normalized spacial score (nSPS) is 12.8. The number of rotatable bonds is 5. The van der Waals surface area contributed by atoms with Crippen LogP contribution in [0.15, 0.2) is 24.3 Å². The van der Waals surface area contributed by atoms with E-state index in [2.05, 4.69) is 0 Å². The molecule has 0 fully saturated rings. The van der Waals surface area contributed by atoms with Crippen molar-refractivity contribution in [3.63, 3.8) is 0 Å². The molecule has 7 heteroatoms. The molecule has 21 heavy (non-hydrogen) atoms. The molecule has 1 atom stereocenters. The summed E-state index contributed by atoms with van der Waals surface area (Å²) >= 11 is 0. The van der Waals surface area contributed by atoms with Crippen LogP contribution in [0.4, 0.5) is 13.2 Å². The van der Waals surface area contributed by atoms with Crippen LogP contribution in [0.2, 0.25) is 0 Å². The summed E-state index contributed by atoms with van der Waals surface area (Å²) in [7, 11) is 1.43. The molecule has 4 nitrogen and oxygen atoms in total.